The lowest BCUT2D eigenvalue weighted by Crippen LogP contribution is -2.43. The average Bonchev–Trinajstić information content (AvgIpc) is 2.51. The van der Waals surface area contributed by atoms with Gasteiger partial charge in [-0.2, -0.15) is 0 Å². The van der Waals surface area contributed by atoms with Gasteiger partial charge in [0.25, 0.3) is 0 Å². The maximum atomic E-state index is 13.6. The number of nitrogens with zero attached hydrogens (tertiary/aromatic N) is 4. The summed E-state index contributed by atoms with van der Waals surface area (Å²) in [5.41, 5.74) is 0.501. The maximum absolute atomic E-state index is 13.6. The second-order valence-corrected chi connectivity index (χ2v) is 4.83. The van der Waals surface area contributed by atoms with E-state index in [4.69, 9.17) is 0 Å². The molecule has 3 heterocycles. The molecule has 5 nitrogen and oxygen atoms in total. The van der Waals surface area contributed by atoms with Crippen LogP contribution in [-0.2, 0) is 0 Å². The minimum atomic E-state index is -0.319. The summed E-state index contributed by atoms with van der Waals surface area (Å²) in [4.78, 5) is 14.4. The van der Waals surface area contributed by atoms with Crippen molar-refractivity contribution in [3.63, 3.8) is 0 Å². The molecule has 1 fully saturated rings. The van der Waals surface area contributed by atoms with Crippen molar-refractivity contribution < 1.29 is 4.39 Å². The van der Waals surface area contributed by atoms with Crippen LogP contribution in [0.5, 0.6) is 0 Å². The number of hydrogen-bond donors (Lipinski definition) is 1. The molecule has 0 saturated carbocycles. The summed E-state index contributed by atoms with van der Waals surface area (Å²) in [6.45, 7) is 1.70. The third-order valence-electron chi connectivity index (χ3n) is 3.39. The van der Waals surface area contributed by atoms with Gasteiger partial charge in [-0.1, -0.05) is 0 Å². The zero-order valence-electron chi connectivity index (χ0n) is 11.0. The SMILES string of the molecule is Fc1cnccc1NC1CCCN(c2ncccn2)C1. The molecule has 0 aliphatic carbocycles. The summed E-state index contributed by atoms with van der Waals surface area (Å²) in [6, 6.07) is 3.65. The molecule has 20 heavy (non-hydrogen) atoms. The van der Waals surface area contributed by atoms with Crippen molar-refractivity contribution in [3.8, 4) is 0 Å². The highest BCUT2D eigenvalue weighted by atomic mass is 19.1. The van der Waals surface area contributed by atoms with Gasteiger partial charge in [-0.05, 0) is 25.0 Å². The van der Waals surface area contributed by atoms with Crippen molar-refractivity contribution in [1.29, 1.82) is 0 Å². The number of aromatic nitrogens is 3. The Labute approximate surface area is 116 Å². The van der Waals surface area contributed by atoms with E-state index in [2.05, 4.69) is 25.2 Å². The Morgan fingerprint density at radius 2 is 2.10 bits per heavy atom. The minimum absolute atomic E-state index is 0.185. The van der Waals surface area contributed by atoms with Crippen LogP contribution in [0.4, 0.5) is 16.0 Å². The largest absolute Gasteiger partial charge is 0.378 e. The van der Waals surface area contributed by atoms with Crippen LogP contribution in [0.2, 0.25) is 0 Å². The van der Waals surface area contributed by atoms with Crippen LogP contribution in [0.25, 0.3) is 0 Å². The highest BCUT2D eigenvalue weighted by Crippen LogP contribution is 2.20. The zero-order valence-corrected chi connectivity index (χ0v) is 11.0. The second-order valence-electron chi connectivity index (χ2n) is 4.83. The van der Waals surface area contributed by atoms with Crippen molar-refractivity contribution in [2.24, 2.45) is 0 Å². The smallest absolute Gasteiger partial charge is 0.225 e. The summed E-state index contributed by atoms with van der Waals surface area (Å²) in [6.07, 6.45) is 8.33. The van der Waals surface area contributed by atoms with Gasteiger partial charge in [0, 0.05) is 37.7 Å². The third kappa shape index (κ3) is 2.84. The fourth-order valence-corrected chi connectivity index (χ4v) is 2.44. The molecule has 104 valence electrons. The molecule has 1 aliphatic heterocycles. The van der Waals surface area contributed by atoms with Crippen molar-refractivity contribution in [2.45, 2.75) is 18.9 Å². The first kappa shape index (κ1) is 12.8. The normalized spacial score (nSPS) is 18.9. The van der Waals surface area contributed by atoms with Crippen LogP contribution in [0, 0.1) is 5.82 Å². The Hall–Kier alpha value is -2.24. The molecule has 0 amide bonds. The number of hydrogen-bond acceptors (Lipinski definition) is 5. The Kier molecular flexibility index (Phi) is 3.71. The van der Waals surface area contributed by atoms with Crippen molar-refractivity contribution in [1.82, 2.24) is 15.0 Å². The van der Waals surface area contributed by atoms with Crippen LogP contribution in [-0.4, -0.2) is 34.1 Å². The lowest BCUT2D eigenvalue weighted by Gasteiger charge is -2.33. The number of piperidine rings is 1. The van der Waals surface area contributed by atoms with Gasteiger partial charge in [0.15, 0.2) is 5.82 Å². The van der Waals surface area contributed by atoms with Crippen LogP contribution < -0.4 is 10.2 Å². The Bertz CT molecular complexity index is 563. The summed E-state index contributed by atoms with van der Waals surface area (Å²) in [7, 11) is 0. The molecule has 1 N–H and O–H groups in total. The molecular weight excluding hydrogens is 257 g/mol. The topological polar surface area (TPSA) is 53.9 Å². The van der Waals surface area contributed by atoms with Crippen LogP contribution in [0.1, 0.15) is 12.8 Å². The van der Waals surface area contributed by atoms with Crippen molar-refractivity contribution in [2.75, 3.05) is 23.3 Å². The van der Waals surface area contributed by atoms with E-state index in [0.717, 1.165) is 31.9 Å². The monoisotopic (exact) mass is 273 g/mol. The first-order valence-corrected chi connectivity index (χ1v) is 6.71. The van der Waals surface area contributed by atoms with Gasteiger partial charge in [0.2, 0.25) is 5.95 Å². The molecule has 0 spiro atoms. The molecule has 0 radical (unpaired) electrons. The second kappa shape index (κ2) is 5.81. The van der Waals surface area contributed by atoms with E-state index in [1.807, 2.05) is 0 Å². The third-order valence-corrected chi connectivity index (χ3v) is 3.39. The number of anilines is 2. The fourth-order valence-electron chi connectivity index (χ4n) is 2.44. The van der Waals surface area contributed by atoms with E-state index in [1.165, 1.54) is 6.20 Å². The summed E-state index contributed by atoms with van der Waals surface area (Å²) in [5.74, 6) is 0.412. The first-order chi connectivity index (χ1) is 9.83. The van der Waals surface area contributed by atoms with Gasteiger partial charge >= 0.3 is 0 Å². The molecule has 1 aliphatic rings. The summed E-state index contributed by atoms with van der Waals surface area (Å²) < 4.78 is 13.6. The first-order valence-electron chi connectivity index (χ1n) is 6.71. The number of nitrogens with one attached hydrogen (secondary N) is 1. The predicted molar refractivity (Wildman–Crippen MR) is 75.1 cm³/mol. The molecule has 2 aromatic heterocycles. The molecule has 2 aromatic rings. The quantitative estimate of drug-likeness (QED) is 0.928. The molecule has 6 heteroatoms. The molecule has 1 unspecified atom stereocenters. The highest BCUT2D eigenvalue weighted by molar-refractivity contribution is 5.44. The molecule has 0 bridgehead atoms. The van der Waals surface area contributed by atoms with E-state index in [9.17, 15) is 4.39 Å². The Balaban J connectivity index is 1.68. The number of halogens is 1. The van der Waals surface area contributed by atoms with E-state index in [1.54, 1.807) is 30.7 Å². The summed E-state index contributed by atoms with van der Waals surface area (Å²) >= 11 is 0. The van der Waals surface area contributed by atoms with E-state index < -0.39 is 0 Å². The van der Waals surface area contributed by atoms with E-state index in [0.29, 0.717) is 5.69 Å². The van der Waals surface area contributed by atoms with Gasteiger partial charge in [-0.15, -0.1) is 0 Å². The minimum Gasteiger partial charge on any atom is -0.378 e. The van der Waals surface area contributed by atoms with Gasteiger partial charge in [0.1, 0.15) is 0 Å². The standard InChI is InChI=1S/C14H16FN5/c15-12-9-16-7-4-13(12)19-11-3-1-8-20(10-11)14-17-5-2-6-18-14/h2,4-7,9,11H,1,3,8,10H2,(H,16,19). The van der Waals surface area contributed by atoms with Gasteiger partial charge in [-0.25, -0.2) is 14.4 Å². The lowest BCUT2D eigenvalue weighted by molar-refractivity contribution is 0.518. The predicted octanol–water partition coefficient (Wildman–Crippen LogP) is 2.09. The lowest BCUT2D eigenvalue weighted by atomic mass is 10.1. The Morgan fingerprint density at radius 1 is 1.25 bits per heavy atom. The van der Waals surface area contributed by atoms with E-state index >= 15 is 0 Å². The molecule has 3 rings (SSSR count). The number of pyridine rings is 1. The molecule has 0 aromatic carbocycles. The number of rotatable bonds is 3. The maximum Gasteiger partial charge on any atom is 0.225 e. The van der Waals surface area contributed by atoms with Gasteiger partial charge < -0.3 is 10.2 Å². The molecule has 1 atom stereocenters. The van der Waals surface area contributed by atoms with Crippen molar-refractivity contribution in [3.05, 3.63) is 42.7 Å². The van der Waals surface area contributed by atoms with Gasteiger partial charge in [0.05, 0.1) is 11.9 Å². The van der Waals surface area contributed by atoms with Crippen LogP contribution in [0.3, 0.4) is 0 Å². The van der Waals surface area contributed by atoms with Crippen molar-refractivity contribution >= 4 is 11.6 Å². The molecule has 1 saturated heterocycles. The fraction of sp³-hybridized carbons (Fsp3) is 0.357. The highest BCUT2D eigenvalue weighted by Gasteiger charge is 2.22. The Morgan fingerprint density at radius 3 is 2.90 bits per heavy atom. The zero-order chi connectivity index (χ0) is 13.8. The molecular formula is C14H16FN5. The average molecular weight is 273 g/mol. The van der Waals surface area contributed by atoms with Crippen LogP contribution in [0.15, 0.2) is 36.9 Å². The van der Waals surface area contributed by atoms with Crippen LogP contribution >= 0.6 is 0 Å². The van der Waals surface area contributed by atoms with Gasteiger partial charge in [-0.3, -0.25) is 4.98 Å². The van der Waals surface area contributed by atoms with E-state index in [-0.39, 0.29) is 11.9 Å². The summed E-state index contributed by atoms with van der Waals surface area (Å²) in [5, 5.41) is 3.24.